The summed E-state index contributed by atoms with van der Waals surface area (Å²) in [5.74, 6) is -0.442. The third-order valence-corrected chi connectivity index (χ3v) is 3.24. The van der Waals surface area contributed by atoms with Crippen molar-refractivity contribution in [2.45, 2.75) is 32.4 Å². The first-order valence-electron chi connectivity index (χ1n) is 6.80. The fourth-order valence-electron chi connectivity index (χ4n) is 2.11. The van der Waals surface area contributed by atoms with Gasteiger partial charge in [-0.3, -0.25) is 9.59 Å². The molecule has 0 bridgehead atoms. The molecule has 0 aliphatic carbocycles. The maximum atomic E-state index is 12.2. The van der Waals surface area contributed by atoms with E-state index < -0.39 is 6.04 Å². The van der Waals surface area contributed by atoms with Gasteiger partial charge in [0.1, 0.15) is 6.04 Å². The second-order valence-electron chi connectivity index (χ2n) is 5.17. The van der Waals surface area contributed by atoms with E-state index in [2.05, 4.69) is 17.6 Å². The van der Waals surface area contributed by atoms with Crippen molar-refractivity contribution in [1.29, 1.82) is 0 Å². The molecule has 2 amide bonds. The van der Waals surface area contributed by atoms with Gasteiger partial charge in [0.2, 0.25) is 11.8 Å². The van der Waals surface area contributed by atoms with Crippen molar-refractivity contribution in [2.75, 3.05) is 33.9 Å². The molecule has 6 nitrogen and oxygen atoms in total. The Morgan fingerprint density at radius 3 is 2.63 bits per heavy atom. The Balaban J connectivity index is 2.50. The van der Waals surface area contributed by atoms with E-state index in [9.17, 15) is 9.59 Å². The second-order valence-corrected chi connectivity index (χ2v) is 5.17. The maximum absolute atomic E-state index is 12.2. The molecule has 1 aliphatic rings. The molecule has 0 spiro atoms. The van der Waals surface area contributed by atoms with Crippen LogP contribution in [0.2, 0.25) is 0 Å². The summed E-state index contributed by atoms with van der Waals surface area (Å²) < 4.78 is 5.36. The quantitative estimate of drug-likeness (QED) is 0.689. The molecular formula is C13H25N3O3. The Morgan fingerprint density at radius 2 is 2.05 bits per heavy atom. The van der Waals surface area contributed by atoms with Gasteiger partial charge in [0.05, 0.1) is 19.1 Å². The topological polar surface area (TPSA) is 70.7 Å². The lowest BCUT2D eigenvalue weighted by Crippen LogP contribution is -2.50. The lowest BCUT2D eigenvalue weighted by atomic mass is 10.0. The average molecular weight is 271 g/mol. The summed E-state index contributed by atoms with van der Waals surface area (Å²) in [4.78, 5) is 25.3. The lowest BCUT2D eigenvalue weighted by molar-refractivity contribution is -0.135. The molecule has 2 N–H and O–H groups in total. The van der Waals surface area contributed by atoms with Crippen LogP contribution < -0.4 is 10.6 Å². The van der Waals surface area contributed by atoms with Crippen molar-refractivity contribution in [3.05, 3.63) is 0 Å². The predicted octanol–water partition coefficient (Wildman–Crippen LogP) is -0.406. The zero-order chi connectivity index (χ0) is 14.4. The smallest absolute Gasteiger partial charge is 0.244 e. The van der Waals surface area contributed by atoms with Crippen LogP contribution in [0, 0.1) is 5.92 Å². The molecule has 0 aromatic rings. The molecule has 3 atom stereocenters. The molecule has 110 valence electrons. The molecule has 6 heteroatoms. The average Bonchev–Trinajstić information content (AvgIpc) is 2.83. The highest BCUT2D eigenvalue weighted by molar-refractivity contribution is 5.88. The van der Waals surface area contributed by atoms with Gasteiger partial charge in [-0.05, 0) is 19.9 Å². The standard InChI is InChI=1S/C13H25N3O3/c1-5-6-14-11-8-19-7-10(11)12(17)15-9(2)13(18)16(3)4/h9-11,14H,5-8H2,1-4H3,(H,15,17). The fourth-order valence-corrected chi connectivity index (χ4v) is 2.11. The van der Waals surface area contributed by atoms with Crippen LogP contribution in [0.25, 0.3) is 0 Å². The minimum absolute atomic E-state index is 0.0432. The Hall–Kier alpha value is -1.14. The van der Waals surface area contributed by atoms with Crippen LogP contribution in [0.5, 0.6) is 0 Å². The van der Waals surface area contributed by atoms with E-state index in [1.807, 2.05) is 0 Å². The number of hydrogen-bond acceptors (Lipinski definition) is 4. The van der Waals surface area contributed by atoms with Crippen LogP contribution in [0.3, 0.4) is 0 Å². The van der Waals surface area contributed by atoms with E-state index >= 15 is 0 Å². The number of rotatable bonds is 6. The number of likely N-dealkylation sites (N-methyl/N-ethyl adjacent to an activating group) is 1. The zero-order valence-electron chi connectivity index (χ0n) is 12.2. The zero-order valence-corrected chi connectivity index (χ0v) is 12.2. The minimum atomic E-state index is -0.505. The van der Waals surface area contributed by atoms with Crippen LogP contribution in [0.4, 0.5) is 0 Å². The molecule has 3 unspecified atom stereocenters. The normalized spacial score (nSPS) is 24.0. The van der Waals surface area contributed by atoms with Gasteiger partial charge >= 0.3 is 0 Å². The third-order valence-electron chi connectivity index (χ3n) is 3.24. The highest BCUT2D eigenvalue weighted by Crippen LogP contribution is 2.14. The largest absolute Gasteiger partial charge is 0.379 e. The first-order valence-corrected chi connectivity index (χ1v) is 6.80. The molecule has 0 aromatic heterocycles. The van der Waals surface area contributed by atoms with Gasteiger partial charge in [-0.25, -0.2) is 0 Å². The molecule has 1 rings (SSSR count). The molecule has 1 fully saturated rings. The lowest BCUT2D eigenvalue weighted by Gasteiger charge is -2.22. The Labute approximate surface area is 114 Å². The molecule has 0 radical (unpaired) electrons. The SMILES string of the molecule is CCCNC1COCC1C(=O)NC(C)C(=O)N(C)C. The van der Waals surface area contributed by atoms with Crippen LogP contribution in [-0.4, -0.2) is 62.7 Å². The highest BCUT2D eigenvalue weighted by Gasteiger charge is 2.34. The summed E-state index contributed by atoms with van der Waals surface area (Å²) >= 11 is 0. The summed E-state index contributed by atoms with van der Waals surface area (Å²) in [7, 11) is 3.35. The van der Waals surface area contributed by atoms with E-state index in [1.165, 1.54) is 4.90 Å². The highest BCUT2D eigenvalue weighted by atomic mass is 16.5. The summed E-state index contributed by atoms with van der Waals surface area (Å²) in [6.45, 7) is 5.61. The molecule has 0 saturated carbocycles. The van der Waals surface area contributed by atoms with Gasteiger partial charge < -0.3 is 20.3 Å². The van der Waals surface area contributed by atoms with E-state index in [-0.39, 0.29) is 23.8 Å². The number of amides is 2. The van der Waals surface area contributed by atoms with Gasteiger partial charge in [-0.15, -0.1) is 0 Å². The van der Waals surface area contributed by atoms with Crippen LogP contribution in [0.15, 0.2) is 0 Å². The third kappa shape index (κ3) is 4.47. The van der Waals surface area contributed by atoms with Crippen molar-refractivity contribution < 1.29 is 14.3 Å². The molecule has 1 heterocycles. The van der Waals surface area contributed by atoms with Crippen LogP contribution in [0.1, 0.15) is 20.3 Å². The number of hydrogen-bond donors (Lipinski definition) is 2. The summed E-state index contributed by atoms with van der Waals surface area (Å²) in [6.07, 6.45) is 1.01. The Morgan fingerprint density at radius 1 is 1.37 bits per heavy atom. The van der Waals surface area contributed by atoms with Gasteiger partial charge in [0.25, 0.3) is 0 Å². The Bertz CT molecular complexity index is 320. The summed E-state index contributed by atoms with van der Waals surface area (Å²) in [5, 5.41) is 6.07. The Kier molecular flexibility index (Phi) is 6.24. The van der Waals surface area contributed by atoms with E-state index in [0.717, 1.165) is 13.0 Å². The molecular weight excluding hydrogens is 246 g/mol. The first kappa shape index (κ1) is 15.9. The molecule has 19 heavy (non-hydrogen) atoms. The summed E-state index contributed by atoms with van der Waals surface area (Å²) in [6, 6.07) is -0.462. The van der Waals surface area contributed by atoms with Crippen LogP contribution in [-0.2, 0) is 14.3 Å². The molecule has 0 aromatic carbocycles. The van der Waals surface area contributed by atoms with Crippen molar-refractivity contribution in [1.82, 2.24) is 15.5 Å². The van der Waals surface area contributed by atoms with Gasteiger partial charge in [-0.2, -0.15) is 0 Å². The van der Waals surface area contributed by atoms with Crippen molar-refractivity contribution >= 4 is 11.8 Å². The van der Waals surface area contributed by atoms with Gasteiger partial charge in [-0.1, -0.05) is 6.92 Å². The molecule has 1 aliphatic heterocycles. The number of nitrogens with zero attached hydrogens (tertiary/aromatic N) is 1. The number of carbonyl (C=O) groups is 2. The van der Waals surface area contributed by atoms with E-state index in [1.54, 1.807) is 21.0 Å². The van der Waals surface area contributed by atoms with Gasteiger partial charge in [0, 0.05) is 20.1 Å². The number of nitrogens with one attached hydrogen (secondary N) is 2. The maximum Gasteiger partial charge on any atom is 0.244 e. The molecule has 1 saturated heterocycles. The van der Waals surface area contributed by atoms with E-state index in [4.69, 9.17) is 4.74 Å². The van der Waals surface area contributed by atoms with Crippen molar-refractivity contribution in [2.24, 2.45) is 5.92 Å². The second kappa shape index (κ2) is 7.45. The predicted molar refractivity (Wildman–Crippen MR) is 72.7 cm³/mol. The van der Waals surface area contributed by atoms with E-state index in [0.29, 0.717) is 13.2 Å². The van der Waals surface area contributed by atoms with Crippen LogP contribution >= 0.6 is 0 Å². The van der Waals surface area contributed by atoms with Gasteiger partial charge in [0.15, 0.2) is 0 Å². The number of carbonyl (C=O) groups excluding carboxylic acids is 2. The summed E-state index contributed by atoms with van der Waals surface area (Å²) in [5.41, 5.74) is 0. The van der Waals surface area contributed by atoms with Crippen molar-refractivity contribution in [3.63, 3.8) is 0 Å². The monoisotopic (exact) mass is 271 g/mol. The van der Waals surface area contributed by atoms with Crippen molar-refractivity contribution in [3.8, 4) is 0 Å². The first-order chi connectivity index (χ1) is 8.97. The fraction of sp³-hybridized carbons (Fsp3) is 0.846. The number of ether oxygens (including phenoxy) is 1. The minimum Gasteiger partial charge on any atom is -0.379 e.